The fourth-order valence-electron chi connectivity index (χ4n) is 2.44. The Hall–Kier alpha value is -1.37. The number of pyridine rings is 1. The van der Waals surface area contributed by atoms with Gasteiger partial charge in [-0.3, -0.25) is 9.98 Å². The summed E-state index contributed by atoms with van der Waals surface area (Å²) in [5.74, 6) is 0.690. The van der Waals surface area contributed by atoms with Gasteiger partial charge in [0.15, 0.2) is 5.96 Å². The van der Waals surface area contributed by atoms with Crippen molar-refractivity contribution in [1.82, 2.24) is 24.5 Å². The number of sulfonamides is 1. The first-order valence-electron chi connectivity index (χ1n) is 8.53. The van der Waals surface area contributed by atoms with E-state index in [4.69, 9.17) is 11.6 Å². The highest BCUT2D eigenvalue weighted by molar-refractivity contribution is 14.0. The third-order valence-corrected chi connectivity index (χ3v) is 5.43. The van der Waals surface area contributed by atoms with Gasteiger partial charge in [0.1, 0.15) is 4.90 Å². The summed E-state index contributed by atoms with van der Waals surface area (Å²) in [6.45, 7) is 3.80. The van der Waals surface area contributed by atoms with Crippen LogP contribution in [0.15, 0.2) is 46.7 Å². The second-order valence-corrected chi connectivity index (χ2v) is 8.14. The summed E-state index contributed by atoms with van der Waals surface area (Å²) < 4.78 is 28.8. The van der Waals surface area contributed by atoms with E-state index in [1.54, 1.807) is 6.07 Å². The van der Waals surface area contributed by atoms with Gasteiger partial charge in [-0.15, -0.1) is 24.0 Å². The van der Waals surface area contributed by atoms with Crippen molar-refractivity contribution < 1.29 is 8.42 Å². The predicted octanol–water partition coefficient (Wildman–Crippen LogP) is 2.07. The lowest BCUT2D eigenvalue weighted by molar-refractivity contribution is 0.462. The second kappa shape index (κ2) is 11.6. The van der Waals surface area contributed by atoms with Crippen LogP contribution in [0.5, 0.6) is 0 Å². The number of hydrogen-bond donors (Lipinski definition) is 2. The van der Waals surface area contributed by atoms with Gasteiger partial charge in [-0.05, 0) is 25.1 Å². The van der Waals surface area contributed by atoms with Gasteiger partial charge in [-0.1, -0.05) is 11.6 Å². The van der Waals surface area contributed by atoms with Crippen LogP contribution < -0.4 is 10.0 Å². The molecule has 0 bridgehead atoms. The number of nitrogens with zero attached hydrogens (tertiary/aromatic N) is 4. The minimum absolute atomic E-state index is 0. The van der Waals surface area contributed by atoms with Crippen LogP contribution in [0.3, 0.4) is 0 Å². The number of aryl methyl sites for hydroxylation is 1. The minimum Gasteiger partial charge on any atom is -0.357 e. The third-order valence-electron chi connectivity index (χ3n) is 3.78. The zero-order valence-corrected chi connectivity index (χ0v) is 20.0. The average Bonchev–Trinajstić information content (AvgIpc) is 2.95. The average molecular weight is 541 g/mol. The van der Waals surface area contributed by atoms with Crippen LogP contribution in [-0.2, 0) is 23.6 Å². The zero-order valence-electron chi connectivity index (χ0n) is 16.1. The maximum Gasteiger partial charge on any atom is 0.242 e. The zero-order chi connectivity index (χ0) is 19.9. The lowest BCUT2D eigenvalue weighted by atomic mass is 10.4. The minimum atomic E-state index is -3.58. The summed E-state index contributed by atoms with van der Waals surface area (Å²) in [5, 5.41) is 3.89. The number of guanidine groups is 1. The monoisotopic (exact) mass is 540 g/mol. The van der Waals surface area contributed by atoms with Crippen LogP contribution in [0.1, 0.15) is 12.6 Å². The van der Waals surface area contributed by atoms with Gasteiger partial charge >= 0.3 is 0 Å². The summed E-state index contributed by atoms with van der Waals surface area (Å²) in [5.41, 5.74) is 1.05. The first-order chi connectivity index (χ1) is 12.8. The van der Waals surface area contributed by atoms with E-state index in [1.165, 1.54) is 18.5 Å². The lowest BCUT2D eigenvalue weighted by Gasteiger charge is -2.22. The lowest BCUT2D eigenvalue weighted by Crippen LogP contribution is -2.39. The molecule has 0 saturated heterocycles. The van der Waals surface area contributed by atoms with Crippen LogP contribution in [0, 0.1) is 0 Å². The molecule has 0 radical (unpaired) electrons. The van der Waals surface area contributed by atoms with Gasteiger partial charge in [-0.25, -0.2) is 13.1 Å². The molecule has 0 unspecified atom stereocenters. The van der Waals surface area contributed by atoms with Gasteiger partial charge in [0.25, 0.3) is 0 Å². The van der Waals surface area contributed by atoms with E-state index in [-0.39, 0.29) is 35.4 Å². The normalized spacial score (nSPS) is 11.8. The summed E-state index contributed by atoms with van der Waals surface area (Å²) >= 11 is 6.03. The van der Waals surface area contributed by atoms with Crippen molar-refractivity contribution >= 4 is 51.6 Å². The van der Waals surface area contributed by atoms with Crippen molar-refractivity contribution in [3.63, 3.8) is 0 Å². The van der Waals surface area contributed by atoms with E-state index in [0.717, 1.165) is 5.69 Å². The number of aliphatic imine (C=N–C) groups is 1. The Morgan fingerprint density at radius 1 is 1.43 bits per heavy atom. The van der Waals surface area contributed by atoms with Crippen molar-refractivity contribution in [3.05, 3.63) is 47.5 Å². The van der Waals surface area contributed by atoms with Crippen LogP contribution in [0.25, 0.3) is 0 Å². The molecule has 2 heterocycles. The second-order valence-electron chi connectivity index (χ2n) is 5.94. The molecule has 0 aliphatic carbocycles. The maximum atomic E-state index is 12.2. The summed E-state index contributed by atoms with van der Waals surface area (Å²) in [7, 11) is 0.280. The van der Waals surface area contributed by atoms with Crippen LogP contribution >= 0.6 is 35.6 Å². The van der Waals surface area contributed by atoms with E-state index in [2.05, 4.69) is 20.0 Å². The molecule has 0 aliphatic rings. The quantitative estimate of drug-likeness (QED) is 0.232. The van der Waals surface area contributed by atoms with Gasteiger partial charge < -0.3 is 14.8 Å². The Balaban J connectivity index is 0.00000392. The first-order valence-corrected chi connectivity index (χ1v) is 10.4. The van der Waals surface area contributed by atoms with Gasteiger partial charge in [0.05, 0.1) is 18.1 Å². The van der Waals surface area contributed by atoms with Gasteiger partial charge in [0.2, 0.25) is 10.0 Å². The number of nitrogens with one attached hydrogen (secondary N) is 2. The molecule has 0 aliphatic heterocycles. The third kappa shape index (κ3) is 7.22. The maximum absolute atomic E-state index is 12.2. The molecule has 2 aromatic rings. The van der Waals surface area contributed by atoms with Crippen molar-refractivity contribution in [2.45, 2.75) is 18.4 Å². The molecular formula is C17H26ClIN6O2S. The molecule has 156 valence electrons. The molecule has 0 amide bonds. The van der Waals surface area contributed by atoms with Crippen molar-refractivity contribution in [3.8, 4) is 0 Å². The number of hydrogen-bond acceptors (Lipinski definition) is 4. The first kappa shape index (κ1) is 24.7. The molecule has 0 atom stereocenters. The van der Waals surface area contributed by atoms with Crippen LogP contribution in [-0.4, -0.2) is 55.5 Å². The van der Waals surface area contributed by atoms with Crippen molar-refractivity contribution in [1.29, 1.82) is 0 Å². The van der Waals surface area contributed by atoms with Crippen molar-refractivity contribution in [2.24, 2.45) is 12.0 Å². The molecule has 0 fully saturated rings. The fourth-order valence-corrected chi connectivity index (χ4v) is 3.70. The molecule has 11 heteroatoms. The Morgan fingerprint density at radius 3 is 2.75 bits per heavy atom. The summed E-state index contributed by atoms with van der Waals surface area (Å²) in [6.07, 6.45) is 4.69. The smallest absolute Gasteiger partial charge is 0.242 e. The fraction of sp³-hybridized carbons (Fsp3) is 0.412. The molecule has 0 spiro atoms. The van der Waals surface area contributed by atoms with Crippen LogP contribution in [0.2, 0.25) is 5.02 Å². The van der Waals surface area contributed by atoms with E-state index in [1.807, 2.05) is 42.7 Å². The Kier molecular flexibility index (Phi) is 10.2. The molecule has 2 rings (SSSR count). The number of rotatable bonds is 8. The Morgan fingerprint density at radius 2 is 2.18 bits per heavy atom. The Bertz CT molecular complexity index is 873. The highest BCUT2D eigenvalue weighted by Crippen LogP contribution is 2.14. The largest absolute Gasteiger partial charge is 0.357 e. The SMILES string of the molecule is CCNC(=NCCNS(=O)(=O)c1cccnc1)N(C)Cc1cc(Cl)cn1C.I. The summed E-state index contributed by atoms with van der Waals surface area (Å²) in [4.78, 5) is 10.4. The van der Waals surface area contributed by atoms with E-state index in [9.17, 15) is 8.42 Å². The van der Waals surface area contributed by atoms with Gasteiger partial charge in [0, 0.05) is 51.5 Å². The highest BCUT2D eigenvalue weighted by atomic mass is 127. The molecule has 2 aromatic heterocycles. The predicted molar refractivity (Wildman–Crippen MR) is 123 cm³/mol. The molecular weight excluding hydrogens is 515 g/mol. The van der Waals surface area contributed by atoms with Crippen molar-refractivity contribution in [2.75, 3.05) is 26.7 Å². The van der Waals surface area contributed by atoms with E-state index >= 15 is 0 Å². The highest BCUT2D eigenvalue weighted by Gasteiger charge is 2.13. The molecule has 8 nitrogen and oxygen atoms in total. The number of halogens is 2. The standard InChI is InChI=1S/C17H25ClN6O2S.HI/c1-4-20-17(24(3)13-15-10-14(18)12-23(15)2)21-8-9-22-27(25,26)16-6-5-7-19-11-16;/h5-7,10-12,22H,4,8-9,13H2,1-3H3,(H,20,21);1H. The summed E-state index contributed by atoms with van der Waals surface area (Å²) in [6, 6.07) is 4.99. The van der Waals surface area contributed by atoms with Crippen LogP contribution in [0.4, 0.5) is 0 Å². The molecule has 0 saturated carbocycles. The molecule has 28 heavy (non-hydrogen) atoms. The Labute approximate surface area is 188 Å². The molecule has 0 aromatic carbocycles. The van der Waals surface area contributed by atoms with Gasteiger partial charge in [-0.2, -0.15) is 0 Å². The number of aromatic nitrogens is 2. The molecule has 2 N–H and O–H groups in total. The van der Waals surface area contributed by atoms with E-state index in [0.29, 0.717) is 30.6 Å². The van der Waals surface area contributed by atoms with E-state index < -0.39 is 10.0 Å². The topological polar surface area (TPSA) is 91.6 Å².